The van der Waals surface area contributed by atoms with Crippen LogP contribution in [0.1, 0.15) is 19.8 Å². The van der Waals surface area contributed by atoms with Crippen LogP contribution in [0, 0.1) is 0 Å². The normalized spacial score (nSPS) is 22.1. The number of nitrogens with zero attached hydrogens (tertiary/aromatic N) is 1. The van der Waals surface area contributed by atoms with Crippen LogP contribution in [0.25, 0.3) is 0 Å². The minimum atomic E-state index is -0.325. The molecule has 0 aromatic rings. The van der Waals surface area contributed by atoms with Gasteiger partial charge in [-0.3, -0.25) is 0 Å². The van der Waals surface area contributed by atoms with Gasteiger partial charge in [-0.1, -0.05) is 6.92 Å². The molecule has 1 fully saturated rings. The minimum Gasteiger partial charge on any atom is -0.334 e. The first-order valence-corrected chi connectivity index (χ1v) is 3.68. The van der Waals surface area contributed by atoms with E-state index in [0.717, 1.165) is 26.1 Å². The lowest BCUT2D eigenvalue weighted by molar-refractivity contribution is -0.172. The van der Waals surface area contributed by atoms with E-state index in [9.17, 15) is 0 Å². The summed E-state index contributed by atoms with van der Waals surface area (Å²) in [5.41, 5.74) is 0. The fourth-order valence-electron chi connectivity index (χ4n) is 0.753. The van der Waals surface area contributed by atoms with Crippen molar-refractivity contribution in [2.45, 2.75) is 26.2 Å². The fraction of sp³-hybridized carbons (Fsp3) is 0.857. The van der Waals surface area contributed by atoms with Crippen LogP contribution in [0.2, 0.25) is 0 Å². The quantitative estimate of drug-likeness (QED) is 0.543. The van der Waals surface area contributed by atoms with E-state index in [1.54, 1.807) is 0 Å². The Kier molecular flexibility index (Phi) is 3.40. The van der Waals surface area contributed by atoms with Crippen molar-refractivity contribution in [2.75, 3.05) is 13.2 Å². The molecule has 1 heterocycles. The molecule has 1 aliphatic rings. The molecule has 58 valence electrons. The van der Waals surface area contributed by atoms with E-state index < -0.39 is 0 Å². The van der Waals surface area contributed by atoms with Crippen LogP contribution in [0.3, 0.4) is 0 Å². The Morgan fingerprint density at radius 2 is 2.20 bits per heavy atom. The monoisotopic (exact) mass is 143 g/mol. The molecule has 1 aliphatic heterocycles. The molecule has 0 bridgehead atoms. The average Bonchev–Trinajstić information content (AvgIpc) is 2.03. The van der Waals surface area contributed by atoms with Crippen LogP contribution in [0.4, 0.5) is 0 Å². The number of ether oxygens (including phenoxy) is 2. The molecule has 0 aromatic heterocycles. The Bertz CT molecular complexity index is 108. The summed E-state index contributed by atoms with van der Waals surface area (Å²) in [6, 6.07) is 0. The lowest BCUT2D eigenvalue weighted by Gasteiger charge is -2.18. The molecule has 0 amide bonds. The molecule has 1 rings (SSSR count). The highest BCUT2D eigenvalue weighted by Gasteiger charge is 2.10. The van der Waals surface area contributed by atoms with E-state index in [1.807, 2.05) is 13.1 Å². The van der Waals surface area contributed by atoms with Crippen LogP contribution in [-0.4, -0.2) is 25.8 Å². The number of rotatable bonds is 2. The van der Waals surface area contributed by atoms with Gasteiger partial charge in [0.1, 0.15) is 0 Å². The highest BCUT2D eigenvalue weighted by molar-refractivity contribution is 5.56. The third-order valence-electron chi connectivity index (χ3n) is 1.22. The van der Waals surface area contributed by atoms with Gasteiger partial charge in [-0.15, -0.1) is 0 Å². The van der Waals surface area contributed by atoms with E-state index in [1.165, 1.54) is 0 Å². The van der Waals surface area contributed by atoms with Crippen molar-refractivity contribution in [1.29, 1.82) is 0 Å². The molecule has 3 heteroatoms. The predicted octanol–water partition coefficient (Wildman–Crippen LogP) is 1.19. The Hall–Kier alpha value is -0.410. The molecule has 1 saturated heterocycles. The smallest absolute Gasteiger partial charge is 0.257 e. The zero-order valence-corrected chi connectivity index (χ0v) is 6.25. The van der Waals surface area contributed by atoms with E-state index in [2.05, 4.69) is 4.99 Å². The van der Waals surface area contributed by atoms with Gasteiger partial charge in [-0.05, 0) is 12.8 Å². The Morgan fingerprint density at radius 3 is 2.80 bits per heavy atom. The molecule has 0 aliphatic carbocycles. The summed E-state index contributed by atoms with van der Waals surface area (Å²) >= 11 is 0. The zero-order valence-electron chi connectivity index (χ0n) is 6.25. The largest absolute Gasteiger partial charge is 0.334 e. The molecule has 0 unspecified atom stereocenters. The second-order valence-corrected chi connectivity index (χ2v) is 2.14. The Morgan fingerprint density at radius 1 is 1.50 bits per heavy atom. The summed E-state index contributed by atoms with van der Waals surface area (Å²) < 4.78 is 10.3. The first-order chi connectivity index (χ1) is 4.93. The van der Waals surface area contributed by atoms with Gasteiger partial charge >= 0.3 is 0 Å². The van der Waals surface area contributed by atoms with Crippen LogP contribution < -0.4 is 0 Å². The van der Waals surface area contributed by atoms with E-state index in [-0.39, 0.29) is 6.41 Å². The maximum absolute atomic E-state index is 5.16. The van der Waals surface area contributed by atoms with Crippen molar-refractivity contribution < 1.29 is 9.47 Å². The highest BCUT2D eigenvalue weighted by atomic mass is 16.7. The van der Waals surface area contributed by atoms with Crippen LogP contribution in [-0.2, 0) is 9.47 Å². The van der Waals surface area contributed by atoms with Gasteiger partial charge < -0.3 is 9.47 Å². The first kappa shape index (κ1) is 7.69. The maximum atomic E-state index is 5.16. The van der Waals surface area contributed by atoms with Gasteiger partial charge in [0.2, 0.25) is 0 Å². The Balaban J connectivity index is 2.19. The van der Waals surface area contributed by atoms with Gasteiger partial charge in [-0.2, -0.15) is 0 Å². The Labute approximate surface area is 61.0 Å². The average molecular weight is 143 g/mol. The lowest BCUT2D eigenvalue weighted by Crippen LogP contribution is -2.22. The fourth-order valence-corrected chi connectivity index (χ4v) is 0.753. The predicted molar refractivity (Wildman–Crippen MR) is 39.1 cm³/mol. The van der Waals surface area contributed by atoms with Crippen molar-refractivity contribution in [2.24, 2.45) is 4.99 Å². The van der Waals surface area contributed by atoms with Gasteiger partial charge in [-0.25, -0.2) is 4.99 Å². The number of hydrogen-bond donors (Lipinski definition) is 0. The van der Waals surface area contributed by atoms with Crippen LogP contribution in [0.15, 0.2) is 4.99 Å². The van der Waals surface area contributed by atoms with Crippen molar-refractivity contribution in [1.82, 2.24) is 0 Å². The van der Waals surface area contributed by atoms with Crippen molar-refractivity contribution in [3.63, 3.8) is 0 Å². The summed E-state index contributed by atoms with van der Waals surface area (Å²) in [7, 11) is 0. The first-order valence-electron chi connectivity index (χ1n) is 3.68. The number of aliphatic imine (C=N–C) groups is 1. The summed E-state index contributed by atoms with van der Waals surface area (Å²) in [5.74, 6) is 0. The molecule has 0 radical (unpaired) electrons. The molecular formula is C7H13NO2. The summed E-state index contributed by atoms with van der Waals surface area (Å²) in [6.07, 6.45) is 3.41. The molecule has 0 spiro atoms. The maximum Gasteiger partial charge on any atom is 0.257 e. The second-order valence-electron chi connectivity index (χ2n) is 2.14. The van der Waals surface area contributed by atoms with Crippen molar-refractivity contribution in [3.8, 4) is 0 Å². The minimum absolute atomic E-state index is 0.325. The highest BCUT2D eigenvalue weighted by Crippen LogP contribution is 2.04. The lowest BCUT2D eigenvalue weighted by atomic mass is 10.5. The van der Waals surface area contributed by atoms with Gasteiger partial charge in [0.05, 0.1) is 13.2 Å². The molecule has 0 aromatic carbocycles. The summed E-state index contributed by atoms with van der Waals surface area (Å²) in [4.78, 5) is 4.03. The standard InChI is InChI=1S/C7H13NO2/c1-2-4-8-7-9-5-3-6-10-7/h4,7H,2-3,5-6H2,1H3. The molecular weight excluding hydrogens is 130 g/mol. The summed E-state index contributed by atoms with van der Waals surface area (Å²) in [5, 5.41) is 0. The van der Waals surface area contributed by atoms with Gasteiger partial charge in [0.25, 0.3) is 6.41 Å². The van der Waals surface area contributed by atoms with Gasteiger partial charge in [0, 0.05) is 6.21 Å². The second kappa shape index (κ2) is 4.41. The zero-order chi connectivity index (χ0) is 7.23. The van der Waals surface area contributed by atoms with Crippen molar-refractivity contribution in [3.05, 3.63) is 0 Å². The molecule has 10 heavy (non-hydrogen) atoms. The summed E-state index contributed by atoms with van der Waals surface area (Å²) in [6.45, 7) is 3.57. The molecule has 3 nitrogen and oxygen atoms in total. The van der Waals surface area contributed by atoms with Crippen LogP contribution >= 0.6 is 0 Å². The molecule has 0 N–H and O–H groups in total. The molecule has 0 atom stereocenters. The van der Waals surface area contributed by atoms with E-state index in [0.29, 0.717) is 0 Å². The molecule has 0 saturated carbocycles. The number of hydrogen-bond acceptors (Lipinski definition) is 3. The SMILES string of the molecule is CCC=NC1OCCCO1. The van der Waals surface area contributed by atoms with Crippen molar-refractivity contribution >= 4 is 6.21 Å². The van der Waals surface area contributed by atoms with Crippen LogP contribution in [0.5, 0.6) is 0 Å². The third-order valence-corrected chi connectivity index (χ3v) is 1.22. The topological polar surface area (TPSA) is 30.8 Å². The van der Waals surface area contributed by atoms with Gasteiger partial charge in [0.15, 0.2) is 0 Å². The van der Waals surface area contributed by atoms with E-state index >= 15 is 0 Å². The third kappa shape index (κ3) is 2.45. The van der Waals surface area contributed by atoms with E-state index in [4.69, 9.17) is 9.47 Å².